The zero-order chi connectivity index (χ0) is 24.6. The predicted molar refractivity (Wildman–Crippen MR) is 130 cm³/mol. The van der Waals surface area contributed by atoms with Crippen molar-refractivity contribution in [1.29, 1.82) is 0 Å². The third-order valence-corrected chi connectivity index (χ3v) is 7.67. The summed E-state index contributed by atoms with van der Waals surface area (Å²) in [5.74, 6) is 1.50. The lowest BCUT2D eigenvalue weighted by molar-refractivity contribution is -0.118. The minimum absolute atomic E-state index is 0.000116. The number of sulfone groups is 1. The molecule has 10 nitrogen and oxygen atoms in total. The molecule has 1 aliphatic heterocycles. The second kappa shape index (κ2) is 9.06. The van der Waals surface area contributed by atoms with E-state index in [2.05, 4.69) is 24.9 Å². The lowest BCUT2D eigenvalue weighted by Gasteiger charge is -2.27. The van der Waals surface area contributed by atoms with Crippen molar-refractivity contribution >= 4 is 32.3 Å². The van der Waals surface area contributed by atoms with Crippen molar-refractivity contribution in [3.8, 4) is 23.0 Å². The third kappa shape index (κ3) is 4.46. The number of ketones is 1. The average molecular weight is 493 g/mol. The molecule has 0 spiro atoms. The molecule has 4 heterocycles. The van der Waals surface area contributed by atoms with Crippen LogP contribution in [0.25, 0.3) is 22.6 Å². The number of aromatic amines is 1. The lowest BCUT2D eigenvalue weighted by atomic mass is 10.1. The molecule has 0 saturated carbocycles. The van der Waals surface area contributed by atoms with Gasteiger partial charge >= 0.3 is 0 Å². The normalized spacial score (nSPS) is 16.1. The Balaban J connectivity index is 1.58. The molecule has 3 aromatic heterocycles. The lowest BCUT2D eigenvalue weighted by Crippen LogP contribution is -2.34. The number of nitrogens with one attached hydrogen (secondary N) is 1. The summed E-state index contributed by atoms with van der Waals surface area (Å²) in [5.41, 5.74) is 2.77. The first-order valence-corrected chi connectivity index (χ1v) is 12.9. The smallest absolute Gasteiger partial charge is 0.195 e. The standard InChI is InChI=1S/C24H24N6O4S/c1-3-35(32,33)23-7-6-16(13-27-23)34-22-12-18-17(28-24(29-18)19-14-25-8-9-26-19)11-21(22)30-10-4-5-20(30)15(2)31/h6-9,11-14,20H,3-5,10H2,1-2H3,(H,28,29). The molecule has 1 unspecified atom stereocenters. The first kappa shape index (κ1) is 22.9. The molecule has 5 rings (SSSR count). The van der Waals surface area contributed by atoms with Crippen LogP contribution in [0.15, 0.2) is 54.1 Å². The monoisotopic (exact) mass is 492 g/mol. The van der Waals surface area contributed by atoms with Gasteiger partial charge in [0.1, 0.15) is 11.4 Å². The van der Waals surface area contributed by atoms with E-state index in [0.29, 0.717) is 35.1 Å². The molecule has 0 bridgehead atoms. The van der Waals surface area contributed by atoms with E-state index in [1.54, 1.807) is 44.6 Å². The van der Waals surface area contributed by atoms with E-state index in [1.807, 2.05) is 11.0 Å². The number of rotatable bonds is 7. The Morgan fingerprint density at radius 1 is 1.20 bits per heavy atom. The summed E-state index contributed by atoms with van der Waals surface area (Å²) in [6.45, 7) is 3.88. The molecule has 1 aromatic carbocycles. The molecule has 35 heavy (non-hydrogen) atoms. The Morgan fingerprint density at radius 3 is 2.74 bits per heavy atom. The van der Waals surface area contributed by atoms with Gasteiger partial charge in [0.25, 0.3) is 0 Å². The number of Topliss-reactive ketones (excluding diaryl/α,β-unsaturated/α-hetero) is 1. The van der Waals surface area contributed by atoms with E-state index in [9.17, 15) is 13.2 Å². The number of imidazole rings is 1. The number of ether oxygens (including phenoxy) is 1. The zero-order valence-corrected chi connectivity index (χ0v) is 20.1. The Labute approximate surface area is 202 Å². The van der Waals surface area contributed by atoms with Gasteiger partial charge in [0, 0.05) is 25.0 Å². The van der Waals surface area contributed by atoms with Crippen LogP contribution in [-0.4, -0.2) is 57.5 Å². The van der Waals surface area contributed by atoms with E-state index in [1.165, 1.54) is 12.3 Å². The molecule has 1 aliphatic rings. The van der Waals surface area contributed by atoms with E-state index < -0.39 is 9.84 Å². The maximum atomic E-state index is 12.3. The Kier molecular flexibility index (Phi) is 5.93. The SMILES string of the molecule is CCS(=O)(=O)c1ccc(Oc2cc3nc(-c4cnccn4)[nH]c3cc2N2CCCC2C(C)=O)cn1. The highest BCUT2D eigenvalue weighted by molar-refractivity contribution is 7.91. The molecule has 4 aromatic rings. The molecule has 1 N–H and O–H groups in total. The van der Waals surface area contributed by atoms with Crippen LogP contribution in [0.1, 0.15) is 26.7 Å². The van der Waals surface area contributed by atoms with Gasteiger partial charge in [-0.2, -0.15) is 0 Å². The number of carbonyl (C=O) groups excluding carboxylic acids is 1. The van der Waals surface area contributed by atoms with Crippen LogP contribution in [0.5, 0.6) is 11.5 Å². The van der Waals surface area contributed by atoms with Crippen molar-refractivity contribution in [2.24, 2.45) is 0 Å². The number of pyridine rings is 1. The van der Waals surface area contributed by atoms with Crippen molar-refractivity contribution in [3.05, 3.63) is 49.1 Å². The maximum absolute atomic E-state index is 12.3. The number of benzene rings is 1. The van der Waals surface area contributed by atoms with Crippen molar-refractivity contribution in [2.45, 2.75) is 37.8 Å². The van der Waals surface area contributed by atoms with Gasteiger partial charge in [-0.3, -0.25) is 9.78 Å². The van der Waals surface area contributed by atoms with Gasteiger partial charge in [-0.05, 0) is 38.0 Å². The van der Waals surface area contributed by atoms with E-state index in [4.69, 9.17) is 4.74 Å². The van der Waals surface area contributed by atoms with Crippen LogP contribution in [0.4, 0.5) is 5.69 Å². The number of aromatic nitrogens is 5. The summed E-state index contributed by atoms with van der Waals surface area (Å²) in [6.07, 6.45) is 7.86. The molecule has 0 aliphatic carbocycles. The number of hydrogen-bond donors (Lipinski definition) is 1. The highest BCUT2D eigenvalue weighted by Gasteiger charge is 2.31. The number of carbonyl (C=O) groups is 1. The fourth-order valence-electron chi connectivity index (χ4n) is 4.24. The Hall–Kier alpha value is -3.86. The molecular formula is C24H24N6O4S. The predicted octanol–water partition coefficient (Wildman–Crippen LogP) is 3.56. The van der Waals surface area contributed by atoms with Gasteiger partial charge in [0.15, 0.2) is 32.2 Å². The zero-order valence-electron chi connectivity index (χ0n) is 19.3. The number of fused-ring (bicyclic) bond motifs is 1. The van der Waals surface area contributed by atoms with E-state index in [-0.39, 0.29) is 22.6 Å². The molecule has 0 amide bonds. The number of H-pyrrole nitrogens is 1. The van der Waals surface area contributed by atoms with E-state index in [0.717, 1.165) is 24.0 Å². The van der Waals surface area contributed by atoms with Gasteiger partial charge in [-0.1, -0.05) is 6.92 Å². The Morgan fingerprint density at radius 2 is 2.06 bits per heavy atom. The molecule has 1 atom stereocenters. The summed E-state index contributed by atoms with van der Waals surface area (Å²) in [7, 11) is -3.42. The summed E-state index contributed by atoms with van der Waals surface area (Å²) < 4.78 is 30.4. The molecule has 11 heteroatoms. The molecule has 180 valence electrons. The van der Waals surface area contributed by atoms with Gasteiger partial charge in [-0.25, -0.2) is 23.4 Å². The van der Waals surface area contributed by atoms with Crippen LogP contribution in [0, 0.1) is 0 Å². The average Bonchev–Trinajstić information content (AvgIpc) is 3.52. The molecule has 0 radical (unpaired) electrons. The van der Waals surface area contributed by atoms with Gasteiger partial charge in [0.2, 0.25) is 0 Å². The summed E-state index contributed by atoms with van der Waals surface area (Å²) in [4.78, 5) is 34.8. The molecular weight excluding hydrogens is 468 g/mol. The number of anilines is 1. The van der Waals surface area contributed by atoms with Crippen LogP contribution in [0.3, 0.4) is 0 Å². The molecule has 1 saturated heterocycles. The minimum atomic E-state index is -3.42. The first-order valence-electron chi connectivity index (χ1n) is 11.3. The number of hydrogen-bond acceptors (Lipinski definition) is 9. The maximum Gasteiger partial charge on any atom is 0.195 e. The van der Waals surface area contributed by atoms with E-state index >= 15 is 0 Å². The highest BCUT2D eigenvalue weighted by atomic mass is 32.2. The van der Waals surface area contributed by atoms with Crippen LogP contribution < -0.4 is 9.64 Å². The number of nitrogens with zero attached hydrogens (tertiary/aromatic N) is 5. The van der Waals surface area contributed by atoms with Gasteiger partial charge in [0.05, 0.1) is 40.9 Å². The van der Waals surface area contributed by atoms with Crippen molar-refractivity contribution < 1.29 is 17.9 Å². The minimum Gasteiger partial charge on any atom is -0.453 e. The van der Waals surface area contributed by atoms with Gasteiger partial charge < -0.3 is 14.6 Å². The summed E-state index contributed by atoms with van der Waals surface area (Å²) in [5, 5.41) is 0.000116. The first-order chi connectivity index (χ1) is 16.9. The van der Waals surface area contributed by atoms with Gasteiger partial charge in [-0.15, -0.1) is 0 Å². The fraction of sp³-hybridized carbons (Fsp3) is 0.292. The summed E-state index contributed by atoms with van der Waals surface area (Å²) in [6, 6.07) is 6.48. The quantitative estimate of drug-likeness (QED) is 0.411. The second-order valence-electron chi connectivity index (χ2n) is 8.31. The molecule has 1 fully saturated rings. The van der Waals surface area contributed by atoms with Crippen molar-refractivity contribution in [3.63, 3.8) is 0 Å². The highest BCUT2D eigenvalue weighted by Crippen LogP contribution is 2.39. The Bertz CT molecular complexity index is 1490. The topological polar surface area (TPSA) is 131 Å². The summed E-state index contributed by atoms with van der Waals surface area (Å²) >= 11 is 0. The van der Waals surface area contributed by atoms with Crippen molar-refractivity contribution in [2.75, 3.05) is 17.2 Å². The van der Waals surface area contributed by atoms with Crippen molar-refractivity contribution in [1.82, 2.24) is 24.9 Å². The van der Waals surface area contributed by atoms with Crippen LogP contribution >= 0.6 is 0 Å². The second-order valence-corrected chi connectivity index (χ2v) is 10.5. The third-order valence-electron chi connectivity index (χ3n) is 6.04. The largest absolute Gasteiger partial charge is 0.453 e. The fourth-order valence-corrected chi connectivity index (χ4v) is 5.02. The van der Waals surface area contributed by atoms with Crippen LogP contribution in [0.2, 0.25) is 0 Å². The van der Waals surface area contributed by atoms with Crippen LogP contribution in [-0.2, 0) is 14.6 Å².